The van der Waals surface area contributed by atoms with Crippen molar-refractivity contribution >= 4 is 44.6 Å². The number of nitrogens with zero attached hydrogens (tertiary/aromatic N) is 2. The maximum absolute atomic E-state index is 13.3. The lowest BCUT2D eigenvalue weighted by atomic mass is 9.94. The Labute approximate surface area is 220 Å². The van der Waals surface area contributed by atoms with Crippen molar-refractivity contribution in [1.29, 1.82) is 0 Å². The van der Waals surface area contributed by atoms with Gasteiger partial charge in [0.15, 0.2) is 5.75 Å². The lowest BCUT2D eigenvalue weighted by Crippen LogP contribution is -2.37. The molecule has 2 aromatic carbocycles. The Balaban J connectivity index is 1.81. The van der Waals surface area contributed by atoms with E-state index in [4.69, 9.17) is 20.8 Å². The third-order valence-electron chi connectivity index (χ3n) is 6.39. The largest absolute Gasteiger partial charge is 0.422 e. The predicted octanol–water partition coefficient (Wildman–Crippen LogP) is 3.49. The number of fused-ring (bicyclic) bond motifs is 1. The summed E-state index contributed by atoms with van der Waals surface area (Å²) in [5.41, 5.74) is 2.87. The molecule has 1 amide bonds. The van der Waals surface area contributed by atoms with E-state index in [9.17, 15) is 18.0 Å². The van der Waals surface area contributed by atoms with Gasteiger partial charge in [0.2, 0.25) is 0 Å². The summed E-state index contributed by atoms with van der Waals surface area (Å²) in [6, 6.07) is 8.35. The fraction of sp³-hybridized carbons (Fsp3) is 0.360. The second-order valence-corrected chi connectivity index (χ2v) is 11.1. The fourth-order valence-corrected chi connectivity index (χ4v) is 4.88. The van der Waals surface area contributed by atoms with E-state index in [-0.39, 0.29) is 22.8 Å². The van der Waals surface area contributed by atoms with Crippen molar-refractivity contribution in [2.24, 2.45) is 0 Å². The molecule has 1 aliphatic rings. The first-order valence-corrected chi connectivity index (χ1v) is 13.5. The standard InChI is InChI=1S/C25H29ClN4O6S/c1-15-16(7-5-8-21(15)28-37(33,34)27-2)11-18-19(14-30-9-6-10-30)17-12-20(26)23(36-25(32)29(3)4)13-22(17)35-24(18)31/h5,7-8,12-13,27-28H,6,9-11,14H2,1-4H3. The van der Waals surface area contributed by atoms with Crippen molar-refractivity contribution in [3.8, 4) is 5.75 Å². The van der Waals surface area contributed by atoms with Gasteiger partial charge in [-0.3, -0.25) is 9.62 Å². The lowest BCUT2D eigenvalue weighted by molar-refractivity contribution is 0.172. The monoisotopic (exact) mass is 548 g/mol. The molecule has 0 spiro atoms. The molecule has 12 heteroatoms. The maximum Gasteiger partial charge on any atom is 0.414 e. The van der Waals surface area contributed by atoms with Crippen LogP contribution in [0.25, 0.3) is 11.0 Å². The highest BCUT2D eigenvalue weighted by Gasteiger charge is 2.23. The molecular formula is C25H29ClN4O6S. The third kappa shape index (κ3) is 5.90. The molecular weight excluding hydrogens is 520 g/mol. The summed E-state index contributed by atoms with van der Waals surface area (Å²) in [5.74, 6) is 0.0963. The molecule has 1 saturated heterocycles. The van der Waals surface area contributed by atoms with Crippen LogP contribution in [-0.4, -0.2) is 58.5 Å². The molecule has 1 fully saturated rings. The van der Waals surface area contributed by atoms with Crippen LogP contribution in [0.1, 0.15) is 28.7 Å². The van der Waals surface area contributed by atoms with E-state index in [0.717, 1.165) is 30.6 Å². The first-order chi connectivity index (χ1) is 17.5. The van der Waals surface area contributed by atoms with E-state index >= 15 is 0 Å². The lowest BCUT2D eigenvalue weighted by Gasteiger charge is -2.31. The number of halogens is 1. The van der Waals surface area contributed by atoms with E-state index in [1.807, 2.05) is 6.07 Å². The molecule has 37 heavy (non-hydrogen) atoms. The normalized spacial score (nSPS) is 13.9. The van der Waals surface area contributed by atoms with Crippen LogP contribution < -0.4 is 19.8 Å². The molecule has 198 valence electrons. The molecule has 3 aromatic rings. The van der Waals surface area contributed by atoms with Gasteiger partial charge in [-0.05, 0) is 55.3 Å². The highest BCUT2D eigenvalue weighted by atomic mass is 35.5. The van der Waals surface area contributed by atoms with Gasteiger partial charge in [-0.1, -0.05) is 23.7 Å². The Hall–Kier alpha value is -3.12. The van der Waals surface area contributed by atoms with Gasteiger partial charge in [-0.25, -0.2) is 14.3 Å². The van der Waals surface area contributed by atoms with Crippen LogP contribution in [0.4, 0.5) is 10.5 Å². The number of amides is 1. The van der Waals surface area contributed by atoms with Crippen LogP contribution >= 0.6 is 11.6 Å². The van der Waals surface area contributed by atoms with Gasteiger partial charge in [-0.2, -0.15) is 8.42 Å². The number of rotatable bonds is 8. The Morgan fingerprint density at radius 1 is 1.22 bits per heavy atom. The molecule has 1 aliphatic heterocycles. The smallest absolute Gasteiger partial charge is 0.414 e. The zero-order valence-electron chi connectivity index (χ0n) is 21.1. The van der Waals surface area contributed by atoms with Gasteiger partial charge in [0.05, 0.1) is 10.7 Å². The molecule has 0 aliphatic carbocycles. The summed E-state index contributed by atoms with van der Waals surface area (Å²) in [6.45, 7) is 4.14. The molecule has 4 rings (SSSR count). The van der Waals surface area contributed by atoms with E-state index in [1.54, 1.807) is 39.2 Å². The first-order valence-electron chi connectivity index (χ1n) is 11.7. The Morgan fingerprint density at radius 3 is 2.57 bits per heavy atom. The van der Waals surface area contributed by atoms with Crippen LogP contribution in [0, 0.1) is 6.92 Å². The van der Waals surface area contributed by atoms with Gasteiger partial charge < -0.3 is 14.1 Å². The zero-order chi connectivity index (χ0) is 26.9. The van der Waals surface area contributed by atoms with Crippen molar-refractivity contribution in [3.05, 3.63) is 68.0 Å². The van der Waals surface area contributed by atoms with E-state index in [2.05, 4.69) is 14.3 Å². The number of nitrogens with one attached hydrogen (secondary N) is 2. The number of likely N-dealkylation sites (tertiary alicyclic amines) is 1. The zero-order valence-corrected chi connectivity index (χ0v) is 22.6. The van der Waals surface area contributed by atoms with Gasteiger partial charge in [-0.15, -0.1) is 0 Å². The second-order valence-electron chi connectivity index (χ2n) is 9.09. The Bertz CT molecular complexity index is 1520. The minimum absolute atomic E-state index is 0.0963. The predicted molar refractivity (Wildman–Crippen MR) is 143 cm³/mol. The minimum atomic E-state index is -3.70. The summed E-state index contributed by atoms with van der Waals surface area (Å²) >= 11 is 6.48. The number of hydrogen-bond donors (Lipinski definition) is 2. The fourth-order valence-electron chi connectivity index (χ4n) is 4.06. The number of carbonyl (C=O) groups is 1. The van der Waals surface area contributed by atoms with E-state index in [1.165, 1.54) is 18.0 Å². The van der Waals surface area contributed by atoms with Gasteiger partial charge in [0, 0.05) is 51.1 Å². The summed E-state index contributed by atoms with van der Waals surface area (Å²) < 4.78 is 39.8. The molecule has 0 atom stereocenters. The average molecular weight is 549 g/mol. The van der Waals surface area contributed by atoms with Gasteiger partial charge >= 0.3 is 11.7 Å². The molecule has 0 saturated carbocycles. The molecule has 0 radical (unpaired) electrons. The SMILES string of the molecule is CNS(=O)(=O)Nc1cccc(Cc2c(CN3CCC3)c3cc(Cl)c(OC(=O)N(C)C)cc3oc2=O)c1C. The van der Waals surface area contributed by atoms with Crippen molar-refractivity contribution in [3.63, 3.8) is 0 Å². The summed E-state index contributed by atoms with van der Waals surface area (Å²) in [4.78, 5) is 28.8. The maximum atomic E-state index is 13.3. The molecule has 2 heterocycles. The molecule has 2 N–H and O–H groups in total. The highest BCUT2D eigenvalue weighted by Crippen LogP contribution is 2.34. The van der Waals surface area contributed by atoms with Crippen LogP contribution in [0.5, 0.6) is 5.75 Å². The molecule has 1 aromatic heterocycles. The number of benzene rings is 2. The number of carbonyl (C=O) groups excluding carboxylic acids is 1. The van der Waals surface area contributed by atoms with E-state index in [0.29, 0.717) is 28.7 Å². The summed E-state index contributed by atoms with van der Waals surface area (Å²) in [7, 11) is 0.719. The van der Waals surface area contributed by atoms with Crippen molar-refractivity contribution in [2.75, 3.05) is 39.0 Å². The van der Waals surface area contributed by atoms with Crippen LogP contribution in [0.2, 0.25) is 5.02 Å². The topological polar surface area (TPSA) is 121 Å². The number of hydrogen-bond acceptors (Lipinski definition) is 7. The number of anilines is 1. The number of ether oxygens (including phenoxy) is 1. The van der Waals surface area contributed by atoms with Crippen LogP contribution in [0.15, 0.2) is 39.5 Å². The Kier molecular flexibility index (Phi) is 7.79. The highest BCUT2D eigenvalue weighted by molar-refractivity contribution is 7.90. The average Bonchev–Trinajstić information content (AvgIpc) is 2.81. The Morgan fingerprint density at radius 2 is 1.95 bits per heavy atom. The third-order valence-corrected chi connectivity index (χ3v) is 7.71. The second kappa shape index (κ2) is 10.7. The molecule has 0 unspecified atom stereocenters. The van der Waals surface area contributed by atoms with E-state index < -0.39 is 21.9 Å². The van der Waals surface area contributed by atoms with Gasteiger partial charge in [0.1, 0.15) is 5.58 Å². The van der Waals surface area contributed by atoms with Crippen LogP contribution in [-0.2, 0) is 23.2 Å². The van der Waals surface area contributed by atoms with Crippen LogP contribution in [0.3, 0.4) is 0 Å². The molecule has 0 bridgehead atoms. The summed E-state index contributed by atoms with van der Waals surface area (Å²) in [6.07, 6.45) is 0.704. The quantitative estimate of drug-likeness (QED) is 0.413. The molecule has 10 nitrogen and oxygen atoms in total. The minimum Gasteiger partial charge on any atom is -0.422 e. The van der Waals surface area contributed by atoms with Gasteiger partial charge in [0.25, 0.3) is 10.2 Å². The van der Waals surface area contributed by atoms with Crippen molar-refractivity contribution in [1.82, 2.24) is 14.5 Å². The van der Waals surface area contributed by atoms with Crippen molar-refractivity contribution < 1.29 is 22.4 Å². The van der Waals surface area contributed by atoms with Crippen molar-refractivity contribution in [2.45, 2.75) is 26.3 Å². The first kappa shape index (κ1) is 26.9. The summed E-state index contributed by atoms with van der Waals surface area (Å²) in [5, 5.41) is 0.868.